The van der Waals surface area contributed by atoms with Gasteiger partial charge in [-0.15, -0.1) is 12.1 Å². The van der Waals surface area contributed by atoms with E-state index in [1.54, 1.807) is 4.90 Å². The first kappa shape index (κ1) is 19.4. The minimum Gasteiger partial charge on any atom is -0.445 e. The van der Waals surface area contributed by atoms with Gasteiger partial charge < -0.3 is 12.9 Å². The van der Waals surface area contributed by atoms with Crippen LogP contribution in [-0.2, 0) is 6.54 Å². The van der Waals surface area contributed by atoms with E-state index in [4.69, 9.17) is 0 Å². The molecule has 0 heterocycles. The van der Waals surface area contributed by atoms with E-state index in [0.29, 0.717) is 6.54 Å². The summed E-state index contributed by atoms with van der Waals surface area (Å²) in [5.74, 6) is 0. The summed E-state index contributed by atoms with van der Waals surface area (Å²) in [6, 6.07) is 9.53. The molecule has 0 N–H and O–H groups in total. The second kappa shape index (κ2) is 8.64. The monoisotopic (exact) mass is 295 g/mol. The number of benzene rings is 1. The quantitative estimate of drug-likeness (QED) is 0.703. The second-order valence-corrected chi connectivity index (χ2v) is 4.72. The third kappa shape index (κ3) is 7.11. The molecule has 0 aliphatic rings. The van der Waals surface area contributed by atoms with Crippen LogP contribution in [0.15, 0.2) is 42.4 Å². The van der Waals surface area contributed by atoms with Crippen LogP contribution >= 0.6 is 0 Å². The molecular weight excluding hydrogens is 277 g/mol. The summed E-state index contributed by atoms with van der Waals surface area (Å²) in [4.78, 5) is 1.77. The number of nitrogens with zero attached hydrogens (tertiary/aromatic N) is 1. The Labute approximate surface area is 155 Å². The molecule has 0 fully saturated rings. The maximum Gasteiger partial charge on any atom is 1.00 e. The smallest absolute Gasteiger partial charge is 0.445 e. The topological polar surface area (TPSA) is 3.24 Å². The van der Waals surface area contributed by atoms with Crippen LogP contribution in [0.25, 0.3) is 0 Å². The Balaban J connectivity index is 0.00000324. The van der Waals surface area contributed by atoms with Gasteiger partial charge in [-0.3, -0.25) is 4.90 Å². The Kier molecular flexibility index (Phi) is 8.83. The van der Waals surface area contributed by atoms with E-state index in [1.807, 2.05) is 44.2 Å². The minimum absolute atomic E-state index is 0. The van der Waals surface area contributed by atoms with E-state index in [9.17, 15) is 12.9 Å². The molecule has 0 amide bonds. The summed E-state index contributed by atoms with van der Waals surface area (Å²) in [5, 5.41) is 0. The average Bonchev–Trinajstić information content (AvgIpc) is 2.28. The van der Waals surface area contributed by atoms with E-state index >= 15 is 0 Å². The molecule has 0 saturated heterocycles. The molecule has 1 aromatic rings. The Morgan fingerprint density at radius 2 is 1.74 bits per heavy atom. The number of rotatable bonds is 6. The molecule has 0 unspecified atom stereocenters. The van der Waals surface area contributed by atoms with Gasteiger partial charge in [0.15, 0.2) is 0 Å². The number of hydrogen-bond acceptors (Lipinski definition) is 1. The zero-order valence-electron chi connectivity index (χ0n) is 11.7. The van der Waals surface area contributed by atoms with Gasteiger partial charge in [-0.1, -0.05) is 30.3 Å². The Hall–Kier alpha value is 0.411. The molecule has 19 heavy (non-hydrogen) atoms. The van der Waals surface area contributed by atoms with Gasteiger partial charge in [0.2, 0.25) is 0 Å². The molecule has 1 rings (SSSR count). The molecular formula is C13H18BF3KN. The van der Waals surface area contributed by atoms with Crippen molar-refractivity contribution in [3.8, 4) is 0 Å². The summed E-state index contributed by atoms with van der Waals surface area (Å²) >= 11 is 0. The Bertz CT molecular complexity index is 393. The molecule has 0 saturated carbocycles. The molecule has 1 aromatic carbocycles. The predicted molar refractivity (Wildman–Crippen MR) is 70.2 cm³/mol. The second-order valence-electron chi connectivity index (χ2n) is 4.72. The van der Waals surface area contributed by atoms with Crippen LogP contribution in [0.3, 0.4) is 0 Å². The summed E-state index contributed by atoms with van der Waals surface area (Å²) in [7, 11) is 0. The van der Waals surface area contributed by atoms with E-state index < -0.39 is 12.4 Å². The first-order valence-electron chi connectivity index (χ1n) is 5.96. The van der Waals surface area contributed by atoms with Crippen molar-refractivity contribution in [3.05, 3.63) is 47.9 Å². The van der Waals surface area contributed by atoms with Crippen LogP contribution < -0.4 is 51.4 Å². The largest absolute Gasteiger partial charge is 1.00 e. The SMILES string of the molecule is C=C(CN(Cc1ccccc1)C(C)C)[B-](F)(F)F.[K+]. The molecule has 1 nitrogen and oxygen atoms in total. The number of halogens is 3. The van der Waals surface area contributed by atoms with E-state index in [0.717, 1.165) is 5.56 Å². The van der Waals surface area contributed by atoms with Crippen molar-refractivity contribution in [3.63, 3.8) is 0 Å². The molecule has 0 bridgehead atoms. The molecule has 0 aliphatic carbocycles. The molecule has 0 radical (unpaired) electrons. The van der Waals surface area contributed by atoms with Crippen LogP contribution in [0.5, 0.6) is 0 Å². The molecule has 0 atom stereocenters. The normalized spacial score (nSPS) is 11.5. The first-order chi connectivity index (χ1) is 8.30. The Morgan fingerprint density at radius 3 is 2.16 bits per heavy atom. The van der Waals surface area contributed by atoms with Gasteiger partial charge in [0.25, 0.3) is 0 Å². The first-order valence-corrected chi connectivity index (χ1v) is 5.96. The van der Waals surface area contributed by atoms with Crippen molar-refractivity contribution >= 4 is 6.98 Å². The van der Waals surface area contributed by atoms with Crippen molar-refractivity contribution in [1.82, 2.24) is 4.90 Å². The molecule has 0 aliphatic heterocycles. The van der Waals surface area contributed by atoms with Crippen LogP contribution in [0, 0.1) is 0 Å². The zero-order chi connectivity index (χ0) is 13.8. The summed E-state index contributed by atoms with van der Waals surface area (Å²) in [6.45, 7) is 2.35. The standard InChI is InChI=1S/C13H18BF3N.K/c1-11(2)18(9-12(3)14(15,16)17)10-13-7-5-4-6-8-13;/h4-8,11H,3,9-10H2,1-2H3;/q-1;+1. The fraction of sp³-hybridized carbons (Fsp3) is 0.385. The van der Waals surface area contributed by atoms with Gasteiger partial charge in [0.1, 0.15) is 0 Å². The van der Waals surface area contributed by atoms with E-state index in [2.05, 4.69) is 6.58 Å². The van der Waals surface area contributed by atoms with Crippen molar-refractivity contribution in [2.75, 3.05) is 6.54 Å². The molecule has 6 heteroatoms. The molecule has 0 spiro atoms. The third-order valence-corrected chi connectivity index (χ3v) is 2.83. The summed E-state index contributed by atoms with van der Waals surface area (Å²) in [6.07, 6.45) is 0. The van der Waals surface area contributed by atoms with E-state index in [-0.39, 0.29) is 64.0 Å². The van der Waals surface area contributed by atoms with Crippen molar-refractivity contribution in [2.45, 2.75) is 26.4 Å². The average molecular weight is 295 g/mol. The van der Waals surface area contributed by atoms with Crippen molar-refractivity contribution < 1.29 is 64.3 Å². The van der Waals surface area contributed by atoms with Gasteiger partial charge in [-0.05, 0) is 26.0 Å². The minimum atomic E-state index is -4.95. The molecule has 100 valence electrons. The van der Waals surface area contributed by atoms with Gasteiger partial charge in [-0.25, -0.2) is 0 Å². The van der Waals surface area contributed by atoms with Crippen LogP contribution in [0.4, 0.5) is 12.9 Å². The maximum absolute atomic E-state index is 12.5. The van der Waals surface area contributed by atoms with E-state index in [1.165, 1.54) is 0 Å². The summed E-state index contributed by atoms with van der Waals surface area (Å²) < 4.78 is 37.6. The summed E-state index contributed by atoms with van der Waals surface area (Å²) in [5.41, 5.74) is 0.369. The number of hydrogen-bond donors (Lipinski definition) is 0. The molecule has 0 aromatic heterocycles. The predicted octanol–water partition coefficient (Wildman–Crippen LogP) is 0.844. The fourth-order valence-electron chi connectivity index (χ4n) is 1.60. The van der Waals surface area contributed by atoms with Crippen molar-refractivity contribution in [2.24, 2.45) is 0 Å². The van der Waals surface area contributed by atoms with Crippen molar-refractivity contribution in [1.29, 1.82) is 0 Å². The van der Waals surface area contributed by atoms with Gasteiger partial charge >= 0.3 is 58.4 Å². The van der Waals surface area contributed by atoms with Crippen LogP contribution in [-0.4, -0.2) is 24.5 Å². The Morgan fingerprint density at radius 1 is 1.21 bits per heavy atom. The van der Waals surface area contributed by atoms with Gasteiger partial charge in [0, 0.05) is 12.6 Å². The fourth-order valence-corrected chi connectivity index (χ4v) is 1.60. The maximum atomic E-state index is 12.5. The zero-order valence-corrected chi connectivity index (χ0v) is 14.9. The third-order valence-electron chi connectivity index (χ3n) is 2.83. The van der Waals surface area contributed by atoms with Crippen LogP contribution in [0.1, 0.15) is 19.4 Å². The van der Waals surface area contributed by atoms with Gasteiger partial charge in [-0.2, -0.15) is 0 Å². The van der Waals surface area contributed by atoms with Gasteiger partial charge in [0.05, 0.1) is 0 Å². The van der Waals surface area contributed by atoms with Crippen LogP contribution in [0.2, 0.25) is 0 Å².